The Hall–Kier alpha value is -2.53. The van der Waals surface area contributed by atoms with Crippen LogP contribution in [0.5, 0.6) is 11.5 Å². The Labute approximate surface area is 168 Å². The summed E-state index contributed by atoms with van der Waals surface area (Å²) < 4.78 is 16.6. The molecule has 0 radical (unpaired) electrons. The quantitative estimate of drug-likeness (QED) is 0.735. The van der Waals surface area contributed by atoms with Crippen molar-refractivity contribution in [2.75, 3.05) is 20.8 Å². The summed E-state index contributed by atoms with van der Waals surface area (Å²) in [7, 11) is 3.23. The standard InChI is InChI=1S/C23H31NO4/c1-16(14-26-5)24-22(25)17-11-12-20(27-6)18(13-17)15-28-21-10-8-7-9-19(21)23(2,3)4/h7-13,16H,14-15H2,1-6H3,(H,24,25)/t16-/m1/s1. The molecule has 0 unspecified atom stereocenters. The van der Waals surface area contributed by atoms with Crippen molar-refractivity contribution >= 4 is 5.91 Å². The first-order chi connectivity index (χ1) is 13.3. The van der Waals surface area contributed by atoms with Crippen molar-refractivity contribution in [3.63, 3.8) is 0 Å². The fourth-order valence-corrected chi connectivity index (χ4v) is 3.00. The number of nitrogens with one attached hydrogen (secondary N) is 1. The summed E-state index contributed by atoms with van der Waals surface area (Å²) in [6, 6.07) is 13.3. The second-order valence-corrected chi connectivity index (χ2v) is 7.89. The van der Waals surface area contributed by atoms with Gasteiger partial charge in [0.15, 0.2) is 0 Å². The van der Waals surface area contributed by atoms with E-state index >= 15 is 0 Å². The predicted octanol–water partition coefficient (Wildman–Crippen LogP) is 4.34. The molecule has 1 atom stereocenters. The molecule has 152 valence electrons. The van der Waals surface area contributed by atoms with Crippen LogP contribution in [0, 0.1) is 0 Å². The van der Waals surface area contributed by atoms with Gasteiger partial charge in [0, 0.05) is 24.3 Å². The molecular weight excluding hydrogens is 354 g/mol. The lowest BCUT2D eigenvalue weighted by Crippen LogP contribution is -2.35. The molecule has 5 heteroatoms. The summed E-state index contributed by atoms with van der Waals surface area (Å²) in [5.74, 6) is 1.37. The first-order valence-electron chi connectivity index (χ1n) is 9.45. The SMILES string of the molecule is COC[C@@H](C)NC(=O)c1ccc(OC)c(COc2ccccc2C(C)(C)C)c1. The normalized spacial score (nSPS) is 12.4. The van der Waals surface area contributed by atoms with Crippen LogP contribution in [0.3, 0.4) is 0 Å². The predicted molar refractivity (Wildman–Crippen MR) is 111 cm³/mol. The van der Waals surface area contributed by atoms with Gasteiger partial charge in [-0.15, -0.1) is 0 Å². The Bertz CT molecular complexity index is 795. The molecule has 0 saturated heterocycles. The van der Waals surface area contributed by atoms with Crippen LogP contribution < -0.4 is 14.8 Å². The van der Waals surface area contributed by atoms with Crippen molar-refractivity contribution in [3.05, 3.63) is 59.2 Å². The molecule has 1 amide bonds. The zero-order chi connectivity index (χ0) is 20.7. The van der Waals surface area contributed by atoms with E-state index in [-0.39, 0.29) is 17.4 Å². The first-order valence-corrected chi connectivity index (χ1v) is 9.45. The number of carbonyl (C=O) groups excluding carboxylic acids is 1. The molecule has 0 aliphatic rings. The molecule has 0 heterocycles. The number of hydrogen-bond donors (Lipinski definition) is 1. The maximum Gasteiger partial charge on any atom is 0.251 e. The van der Waals surface area contributed by atoms with Gasteiger partial charge in [-0.2, -0.15) is 0 Å². The van der Waals surface area contributed by atoms with Crippen molar-refractivity contribution in [1.82, 2.24) is 5.32 Å². The van der Waals surface area contributed by atoms with Crippen molar-refractivity contribution < 1.29 is 19.0 Å². The second-order valence-electron chi connectivity index (χ2n) is 7.89. The Balaban J connectivity index is 2.20. The van der Waals surface area contributed by atoms with Crippen LogP contribution >= 0.6 is 0 Å². The van der Waals surface area contributed by atoms with E-state index in [1.54, 1.807) is 26.4 Å². The second kappa shape index (κ2) is 9.60. The minimum atomic E-state index is -0.149. The smallest absolute Gasteiger partial charge is 0.251 e. The summed E-state index contributed by atoms with van der Waals surface area (Å²) >= 11 is 0. The summed E-state index contributed by atoms with van der Waals surface area (Å²) in [6.07, 6.45) is 0. The van der Waals surface area contributed by atoms with Gasteiger partial charge in [0.05, 0.1) is 13.7 Å². The number of hydrogen-bond acceptors (Lipinski definition) is 4. The lowest BCUT2D eigenvalue weighted by atomic mass is 9.86. The maximum absolute atomic E-state index is 12.5. The first kappa shape index (κ1) is 21.8. The minimum absolute atomic E-state index is 0.0279. The van der Waals surface area contributed by atoms with E-state index in [0.29, 0.717) is 24.5 Å². The van der Waals surface area contributed by atoms with Crippen LogP contribution in [0.4, 0.5) is 0 Å². The lowest BCUT2D eigenvalue weighted by Gasteiger charge is -2.23. The molecule has 0 bridgehead atoms. The summed E-state index contributed by atoms with van der Waals surface area (Å²) in [5.41, 5.74) is 2.49. The largest absolute Gasteiger partial charge is 0.496 e. The molecule has 0 aliphatic heterocycles. The maximum atomic E-state index is 12.5. The minimum Gasteiger partial charge on any atom is -0.496 e. The Morgan fingerprint density at radius 2 is 1.79 bits per heavy atom. The highest BCUT2D eigenvalue weighted by molar-refractivity contribution is 5.94. The molecule has 5 nitrogen and oxygen atoms in total. The van der Waals surface area contributed by atoms with Crippen molar-refractivity contribution in [1.29, 1.82) is 0 Å². The van der Waals surface area contributed by atoms with Gasteiger partial charge in [-0.3, -0.25) is 4.79 Å². The van der Waals surface area contributed by atoms with Gasteiger partial charge >= 0.3 is 0 Å². The van der Waals surface area contributed by atoms with E-state index in [4.69, 9.17) is 14.2 Å². The molecular formula is C23H31NO4. The summed E-state index contributed by atoms with van der Waals surface area (Å²) in [5, 5.41) is 2.92. The lowest BCUT2D eigenvalue weighted by molar-refractivity contribution is 0.0905. The van der Waals surface area contributed by atoms with Crippen LogP contribution in [-0.2, 0) is 16.8 Å². The number of rotatable bonds is 8. The molecule has 0 fully saturated rings. The molecule has 2 aromatic carbocycles. The fraction of sp³-hybridized carbons (Fsp3) is 0.435. The monoisotopic (exact) mass is 385 g/mol. The number of methoxy groups -OCH3 is 2. The Kier molecular flexibility index (Phi) is 7.46. The van der Waals surface area contributed by atoms with E-state index in [1.165, 1.54) is 0 Å². The van der Waals surface area contributed by atoms with E-state index in [9.17, 15) is 4.79 Å². The highest BCUT2D eigenvalue weighted by Gasteiger charge is 2.19. The summed E-state index contributed by atoms with van der Waals surface area (Å²) in [6.45, 7) is 9.14. The Morgan fingerprint density at radius 3 is 2.43 bits per heavy atom. The van der Waals surface area contributed by atoms with Gasteiger partial charge in [0.25, 0.3) is 5.91 Å². The average molecular weight is 386 g/mol. The van der Waals surface area contributed by atoms with Crippen LogP contribution in [-0.4, -0.2) is 32.8 Å². The molecule has 0 spiro atoms. The summed E-state index contributed by atoms with van der Waals surface area (Å²) in [4.78, 5) is 12.5. The van der Waals surface area contributed by atoms with Crippen molar-refractivity contribution in [2.45, 2.75) is 45.8 Å². The molecule has 28 heavy (non-hydrogen) atoms. The average Bonchev–Trinajstić information content (AvgIpc) is 2.65. The van der Waals surface area contributed by atoms with E-state index in [0.717, 1.165) is 16.9 Å². The number of carbonyl (C=O) groups is 1. The number of ether oxygens (including phenoxy) is 3. The molecule has 0 aromatic heterocycles. The third-order valence-electron chi connectivity index (χ3n) is 4.41. The van der Waals surface area contributed by atoms with E-state index in [2.05, 4.69) is 32.2 Å². The van der Waals surface area contributed by atoms with Crippen molar-refractivity contribution in [2.24, 2.45) is 0 Å². The highest BCUT2D eigenvalue weighted by atomic mass is 16.5. The van der Waals surface area contributed by atoms with Crippen LogP contribution in [0.25, 0.3) is 0 Å². The topological polar surface area (TPSA) is 56.8 Å². The zero-order valence-electron chi connectivity index (χ0n) is 17.7. The third kappa shape index (κ3) is 5.73. The highest BCUT2D eigenvalue weighted by Crippen LogP contribution is 2.32. The molecule has 0 aliphatic carbocycles. The van der Waals surface area contributed by atoms with Crippen LogP contribution in [0.1, 0.15) is 49.2 Å². The zero-order valence-corrected chi connectivity index (χ0v) is 17.7. The molecule has 0 saturated carbocycles. The van der Waals surface area contributed by atoms with Gasteiger partial charge in [0.1, 0.15) is 18.1 Å². The van der Waals surface area contributed by atoms with Gasteiger partial charge < -0.3 is 19.5 Å². The van der Waals surface area contributed by atoms with Gasteiger partial charge in [-0.1, -0.05) is 39.0 Å². The number of benzene rings is 2. The van der Waals surface area contributed by atoms with E-state index < -0.39 is 0 Å². The Morgan fingerprint density at radius 1 is 1.07 bits per heavy atom. The number of amides is 1. The molecule has 2 aromatic rings. The van der Waals surface area contributed by atoms with Gasteiger partial charge in [0.2, 0.25) is 0 Å². The van der Waals surface area contributed by atoms with Crippen LogP contribution in [0.2, 0.25) is 0 Å². The van der Waals surface area contributed by atoms with Gasteiger partial charge in [-0.05, 0) is 42.2 Å². The molecule has 1 N–H and O–H groups in total. The molecule has 2 rings (SSSR count). The van der Waals surface area contributed by atoms with Crippen LogP contribution in [0.15, 0.2) is 42.5 Å². The number of para-hydroxylation sites is 1. The van der Waals surface area contributed by atoms with Gasteiger partial charge in [-0.25, -0.2) is 0 Å². The van der Waals surface area contributed by atoms with E-state index in [1.807, 2.05) is 31.2 Å². The third-order valence-corrected chi connectivity index (χ3v) is 4.41. The van der Waals surface area contributed by atoms with Crippen molar-refractivity contribution in [3.8, 4) is 11.5 Å². The fourth-order valence-electron chi connectivity index (χ4n) is 3.00.